The first-order chi connectivity index (χ1) is 9.58. The van der Waals surface area contributed by atoms with Gasteiger partial charge in [-0.15, -0.1) is 0 Å². The monoisotopic (exact) mass is 293 g/mol. The SMILES string of the molecule is Nc1c(Cl)ncnc1NCCc1cccc([N+](=O)[O-])c1. The summed E-state index contributed by atoms with van der Waals surface area (Å²) in [5, 5.41) is 13.9. The fourth-order valence-electron chi connectivity index (χ4n) is 1.67. The van der Waals surface area contributed by atoms with Crippen LogP contribution in [-0.4, -0.2) is 21.4 Å². The summed E-state index contributed by atoms with van der Waals surface area (Å²) in [6.07, 6.45) is 1.91. The molecule has 20 heavy (non-hydrogen) atoms. The Labute approximate surface area is 120 Å². The van der Waals surface area contributed by atoms with E-state index in [4.69, 9.17) is 17.3 Å². The molecule has 1 aromatic heterocycles. The number of non-ortho nitro benzene ring substituents is 1. The number of hydrogen-bond donors (Lipinski definition) is 2. The molecular weight excluding hydrogens is 282 g/mol. The van der Waals surface area contributed by atoms with Crippen molar-refractivity contribution in [3.8, 4) is 0 Å². The molecule has 1 aromatic carbocycles. The number of halogens is 1. The van der Waals surface area contributed by atoms with Crippen molar-refractivity contribution >= 4 is 28.8 Å². The van der Waals surface area contributed by atoms with Gasteiger partial charge in [-0.2, -0.15) is 0 Å². The Balaban J connectivity index is 1.98. The molecule has 0 aliphatic carbocycles. The number of nitro benzene ring substituents is 1. The molecule has 0 saturated carbocycles. The minimum atomic E-state index is -0.418. The van der Waals surface area contributed by atoms with E-state index in [0.717, 1.165) is 5.56 Å². The highest BCUT2D eigenvalue weighted by molar-refractivity contribution is 6.32. The van der Waals surface area contributed by atoms with Crippen LogP contribution in [0.3, 0.4) is 0 Å². The number of benzene rings is 1. The predicted octanol–water partition coefficient (Wildman–Crippen LogP) is 2.28. The number of rotatable bonds is 5. The Morgan fingerprint density at radius 2 is 2.20 bits per heavy atom. The molecule has 0 saturated heterocycles. The molecule has 0 fully saturated rings. The normalized spacial score (nSPS) is 10.2. The van der Waals surface area contributed by atoms with Crippen LogP contribution in [0.5, 0.6) is 0 Å². The third-order valence-electron chi connectivity index (χ3n) is 2.66. The first kappa shape index (κ1) is 14.0. The average molecular weight is 294 g/mol. The van der Waals surface area contributed by atoms with Crippen molar-refractivity contribution in [3.63, 3.8) is 0 Å². The van der Waals surface area contributed by atoms with Crippen molar-refractivity contribution in [1.82, 2.24) is 9.97 Å². The van der Waals surface area contributed by atoms with Gasteiger partial charge < -0.3 is 11.1 Å². The zero-order chi connectivity index (χ0) is 14.5. The van der Waals surface area contributed by atoms with Crippen LogP contribution in [0.15, 0.2) is 30.6 Å². The van der Waals surface area contributed by atoms with Crippen molar-refractivity contribution in [3.05, 3.63) is 51.4 Å². The summed E-state index contributed by atoms with van der Waals surface area (Å²) in [7, 11) is 0. The minimum absolute atomic E-state index is 0.0760. The Bertz CT molecular complexity index is 635. The van der Waals surface area contributed by atoms with E-state index in [1.807, 2.05) is 6.07 Å². The van der Waals surface area contributed by atoms with E-state index in [2.05, 4.69) is 15.3 Å². The van der Waals surface area contributed by atoms with E-state index in [0.29, 0.717) is 18.8 Å². The van der Waals surface area contributed by atoms with E-state index in [1.54, 1.807) is 6.07 Å². The van der Waals surface area contributed by atoms with Crippen molar-refractivity contribution in [2.75, 3.05) is 17.6 Å². The Morgan fingerprint density at radius 1 is 1.40 bits per heavy atom. The van der Waals surface area contributed by atoms with Crippen LogP contribution in [-0.2, 0) is 6.42 Å². The van der Waals surface area contributed by atoms with Crippen LogP contribution in [0.4, 0.5) is 17.2 Å². The summed E-state index contributed by atoms with van der Waals surface area (Å²) in [6.45, 7) is 0.526. The summed E-state index contributed by atoms with van der Waals surface area (Å²) in [4.78, 5) is 18.0. The van der Waals surface area contributed by atoms with Gasteiger partial charge in [-0.3, -0.25) is 10.1 Å². The van der Waals surface area contributed by atoms with Gasteiger partial charge in [0, 0.05) is 18.7 Å². The second-order valence-electron chi connectivity index (χ2n) is 4.03. The fraction of sp³-hybridized carbons (Fsp3) is 0.167. The molecule has 0 atom stereocenters. The maximum absolute atomic E-state index is 10.7. The number of nitrogens with one attached hydrogen (secondary N) is 1. The Kier molecular flexibility index (Phi) is 4.31. The fourth-order valence-corrected chi connectivity index (χ4v) is 1.80. The van der Waals surface area contributed by atoms with Gasteiger partial charge in [0.2, 0.25) is 0 Å². The molecule has 0 bridgehead atoms. The van der Waals surface area contributed by atoms with Gasteiger partial charge in [-0.25, -0.2) is 9.97 Å². The number of hydrogen-bond acceptors (Lipinski definition) is 6. The van der Waals surface area contributed by atoms with E-state index in [-0.39, 0.29) is 16.5 Å². The van der Waals surface area contributed by atoms with Gasteiger partial charge in [-0.05, 0) is 12.0 Å². The summed E-state index contributed by atoms with van der Waals surface area (Å²) in [6, 6.07) is 6.48. The van der Waals surface area contributed by atoms with Gasteiger partial charge in [0.25, 0.3) is 5.69 Å². The van der Waals surface area contributed by atoms with Crippen molar-refractivity contribution in [1.29, 1.82) is 0 Å². The summed E-state index contributed by atoms with van der Waals surface area (Å²) in [5.41, 5.74) is 6.93. The molecule has 1 heterocycles. The average Bonchev–Trinajstić information content (AvgIpc) is 2.44. The van der Waals surface area contributed by atoms with E-state index >= 15 is 0 Å². The number of anilines is 2. The van der Waals surface area contributed by atoms with Gasteiger partial charge in [0.1, 0.15) is 12.0 Å². The Morgan fingerprint density at radius 3 is 2.95 bits per heavy atom. The summed E-state index contributed by atoms with van der Waals surface area (Å²) >= 11 is 5.77. The molecule has 8 heteroatoms. The van der Waals surface area contributed by atoms with Crippen LogP contribution >= 0.6 is 11.6 Å². The number of nitrogens with zero attached hydrogens (tertiary/aromatic N) is 3. The van der Waals surface area contributed by atoms with E-state index in [1.165, 1.54) is 18.5 Å². The molecule has 0 aliphatic rings. The molecule has 0 radical (unpaired) electrons. The topological polar surface area (TPSA) is 107 Å². The molecule has 2 rings (SSSR count). The lowest BCUT2D eigenvalue weighted by molar-refractivity contribution is -0.384. The number of nitrogen functional groups attached to an aromatic ring is 1. The molecule has 0 aliphatic heterocycles. The maximum atomic E-state index is 10.7. The second kappa shape index (κ2) is 6.16. The molecular formula is C12H12ClN5O2. The van der Waals surface area contributed by atoms with Crippen LogP contribution < -0.4 is 11.1 Å². The lowest BCUT2D eigenvalue weighted by Gasteiger charge is -2.08. The molecule has 0 unspecified atom stereocenters. The van der Waals surface area contributed by atoms with Gasteiger partial charge in [0.05, 0.1) is 4.92 Å². The highest BCUT2D eigenvalue weighted by Crippen LogP contribution is 2.21. The second-order valence-corrected chi connectivity index (χ2v) is 4.39. The van der Waals surface area contributed by atoms with Crippen LogP contribution in [0.1, 0.15) is 5.56 Å². The third-order valence-corrected chi connectivity index (χ3v) is 2.96. The van der Waals surface area contributed by atoms with Gasteiger partial charge in [-0.1, -0.05) is 23.7 Å². The van der Waals surface area contributed by atoms with Crippen LogP contribution in [0.25, 0.3) is 0 Å². The molecule has 0 spiro atoms. The number of aromatic nitrogens is 2. The quantitative estimate of drug-likeness (QED) is 0.497. The third kappa shape index (κ3) is 3.33. The zero-order valence-corrected chi connectivity index (χ0v) is 11.2. The highest BCUT2D eigenvalue weighted by Gasteiger charge is 2.07. The predicted molar refractivity (Wildman–Crippen MR) is 76.7 cm³/mol. The van der Waals surface area contributed by atoms with Gasteiger partial charge >= 0.3 is 0 Å². The largest absolute Gasteiger partial charge is 0.393 e. The summed E-state index contributed by atoms with van der Waals surface area (Å²) < 4.78 is 0. The van der Waals surface area contributed by atoms with E-state index < -0.39 is 4.92 Å². The number of nitrogens with two attached hydrogens (primary N) is 1. The lowest BCUT2D eigenvalue weighted by atomic mass is 10.1. The molecule has 0 amide bonds. The minimum Gasteiger partial charge on any atom is -0.393 e. The van der Waals surface area contributed by atoms with Crippen molar-refractivity contribution < 1.29 is 4.92 Å². The summed E-state index contributed by atoms with van der Waals surface area (Å²) in [5.74, 6) is 0.454. The highest BCUT2D eigenvalue weighted by atomic mass is 35.5. The van der Waals surface area contributed by atoms with Crippen LogP contribution in [0, 0.1) is 10.1 Å². The molecule has 2 aromatic rings. The first-order valence-electron chi connectivity index (χ1n) is 5.81. The van der Waals surface area contributed by atoms with Gasteiger partial charge in [0.15, 0.2) is 11.0 Å². The maximum Gasteiger partial charge on any atom is 0.269 e. The smallest absolute Gasteiger partial charge is 0.269 e. The number of nitro groups is 1. The van der Waals surface area contributed by atoms with Crippen LogP contribution in [0.2, 0.25) is 5.15 Å². The standard InChI is InChI=1S/C12H12ClN5O2/c13-11-10(14)12(17-7-16-11)15-5-4-8-2-1-3-9(6-8)18(19)20/h1-3,6-7H,4-5,14H2,(H,15,16,17). The zero-order valence-electron chi connectivity index (χ0n) is 10.4. The molecule has 7 nitrogen and oxygen atoms in total. The van der Waals surface area contributed by atoms with Crippen molar-refractivity contribution in [2.24, 2.45) is 0 Å². The lowest BCUT2D eigenvalue weighted by Crippen LogP contribution is -2.09. The Hall–Kier alpha value is -2.41. The first-order valence-corrected chi connectivity index (χ1v) is 6.19. The molecule has 104 valence electrons. The van der Waals surface area contributed by atoms with E-state index in [9.17, 15) is 10.1 Å². The van der Waals surface area contributed by atoms with Crippen molar-refractivity contribution in [2.45, 2.75) is 6.42 Å². The molecule has 3 N–H and O–H groups in total.